The van der Waals surface area contributed by atoms with Gasteiger partial charge >= 0.3 is 0 Å². The maximum Gasteiger partial charge on any atom is 0.254 e. The summed E-state index contributed by atoms with van der Waals surface area (Å²) < 4.78 is 21.6. The van der Waals surface area contributed by atoms with Crippen molar-refractivity contribution in [2.24, 2.45) is 0 Å². The Morgan fingerprint density at radius 3 is 2.74 bits per heavy atom. The Morgan fingerprint density at radius 1 is 1.22 bits per heavy atom. The molecule has 2 aliphatic rings. The molecule has 0 unspecified atom stereocenters. The van der Waals surface area contributed by atoms with Gasteiger partial charge in [-0.1, -0.05) is 6.07 Å². The zero-order valence-electron chi connectivity index (χ0n) is 13.6. The zero-order chi connectivity index (χ0) is 16.2. The van der Waals surface area contributed by atoms with Crippen LogP contribution in [0, 0.1) is 0 Å². The maximum atomic E-state index is 12.7. The molecule has 1 amide bonds. The van der Waals surface area contributed by atoms with Crippen LogP contribution in [-0.2, 0) is 14.3 Å². The molecule has 3 rings (SSSR count). The number of rotatable bonds is 4. The van der Waals surface area contributed by atoms with Gasteiger partial charge in [-0.15, -0.1) is 0 Å². The van der Waals surface area contributed by atoms with Crippen molar-refractivity contribution in [2.45, 2.75) is 25.0 Å². The molecule has 0 radical (unpaired) electrons. The normalized spacial score (nSPS) is 24.5. The van der Waals surface area contributed by atoms with Crippen LogP contribution in [-0.4, -0.2) is 57.5 Å². The van der Waals surface area contributed by atoms with E-state index in [2.05, 4.69) is 0 Å². The molecule has 126 valence electrons. The van der Waals surface area contributed by atoms with Gasteiger partial charge in [-0.3, -0.25) is 4.79 Å². The molecule has 0 N–H and O–H groups in total. The Bertz CT molecular complexity index is 556. The molecule has 0 bridgehead atoms. The number of benzene rings is 1. The lowest BCUT2D eigenvalue weighted by Gasteiger charge is -2.31. The van der Waals surface area contributed by atoms with Crippen LogP contribution in [0.25, 0.3) is 0 Å². The summed E-state index contributed by atoms with van der Waals surface area (Å²) in [5, 5.41) is 0. The van der Waals surface area contributed by atoms with E-state index in [-0.39, 0.29) is 11.9 Å². The lowest BCUT2D eigenvalue weighted by molar-refractivity contribution is -0.158. The van der Waals surface area contributed by atoms with Crippen molar-refractivity contribution in [3.8, 4) is 11.5 Å². The molecule has 1 aromatic rings. The van der Waals surface area contributed by atoms with E-state index < -0.39 is 6.10 Å². The van der Waals surface area contributed by atoms with E-state index in [1.807, 2.05) is 23.1 Å². The predicted molar refractivity (Wildman–Crippen MR) is 83.8 cm³/mol. The monoisotopic (exact) mass is 321 g/mol. The molecule has 0 aliphatic carbocycles. The van der Waals surface area contributed by atoms with Crippen LogP contribution < -0.4 is 9.47 Å². The van der Waals surface area contributed by atoms with Crippen molar-refractivity contribution >= 4 is 5.91 Å². The smallest absolute Gasteiger partial charge is 0.254 e. The Kier molecular flexibility index (Phi) is 5.03. The van der Waals surface area contributed by atoms with Crippen LogP contribution in [0.4, 0.5) is 0 Å². The first-order valence-corrected chi connectivity index (χ1v) is 7.96. The molecule has 2 fully saturated rings. The van der Waals surface area contributed by atoms with Crippen molar-refractivity contribution < 1.29 is 23.7 Å². The average Bonchev–Trinajstić information content (AvgIpc) is 3.10. The lowest BCUT2D eigenvalue weighted by atomic mass is 10.0. The van der Waals surface area contributed by atoms with Crippen LogP contribution in [0.5, 0.6) is 11.5 Å². The van der Waals surface area contributed by atoms with Gasteiger partial charge in [0.15, 0.2) is 17.6 Å². The standard InChI is InChI=1S/C17H23NO5/c1-20-14-6-5-12(10-15(14)21-2)13-4-3-7-18(13)17(19)16-11-22-8-9-23-16/h5-6,10,13,16H,3-4,7-9,11H2,1-2H3/t13-,16+/m1/s1. The highest BCUT2D eigenvalue weighted by Crippen LogP contribution is 2.37. The van der Waals surface area contributed by atoms with Gasteiger partial charge in [0.05, 0.1) is 40.1 Å². The highest BCUT2D eigenvalue weighted by molar-refractivity contribution is 5.82. The molecular formula is C17H23NO5. The van der Waals surface area contributed by atoms with Crippen LogP contribution in [0.2, 0.25) is 0 Å². The number of carbonyl (C=O) groups is 1. The van der Waals surface area contributed by atoms with Crippen LogP contribution in [0.1, 0.15) is 24.4 Å². The second kappa shape index (κ2) is 7.19. The molecule has 2 heterocycles. The molecule has 6 heteroatoms. The van der Waals surface area contributed by atoms with Gasteiger partial charge in [0.25, 0.3) is 5.91 Å². The van der Waals surface area contributed by atoms with E-state index in [4.69, 9.17) is 18.9 Å². The number of hydrogen-bond acceptors (Lipinski definition) is 5. The molecule has 0 spiro atoms. The van der Waals surface area contributed by atoms with Gasteiger partial charge in [0.2, 0.25) is 0 Å². The molecule has 6 nitrogen and oxygen atoms in total. The number of carbonyl (C=O) groups excluding carboxylic acids is 1. The number of amides is 1. The lowest BCUT2D eigenvalue weighted by Crippen LogP contribution is -2.45. The van der Waals surface area contributed by atoms with E-state index in [9.17, 15) is 4.79 Å². The first kappa shape index (κ1) is 16.1. The number of likely N-dealkylation sites (tertiary alicyclic amines) is 1. The largest absolute Gasteiger partial charge is 0.493 e. The fourth-order valence-corrected chi connectivity index (χ4v) is 3.25. The van der Waals surface area contributed by atoms with Gasteiger partial charge in [-0.2, -0.15) is 0 Å². The van der Waals surface area contributed by atoms with Crippen LogP contribution >= 0.6 is 0 Å². The third kappa shape index (κ3) is 3.28. The predicted octanol–water partition coefficient (Wildman–Crippen LogP) is 1.78. The number of hydrogen-bond donors (Lipinski definition) is 0. The topological polar surface area (TPSA) is 57.2 Å². The molecular weight excluding hydrogens is 298 g/mol. The van der Waals surface area contributed by atoms with Gasteiger partial charge in [-0.25, -0.2) is 0 Å². The Labute approximate surface area is 136 Å². The molecule has 2 aliphatic heterocycles. The third-order valence-electron chi connectivity index (χ3n) is 4.42. The van der Waals surface area contributed by atoms with E-state index in [1.165, 1.54) is 0 Å². The Morgan fingerprint density at radius 2 is 2.04 bits per heavy atom. The van der Waals surface area contributed by atoms with Crippen LogP contribution in [0.3, 0.4) is 0 Å². The molecule has 1 aromatic carbocycles. The number of ether oxygens (including phenoxy) is 4. The molecule has 0 saturated carbocycles. The number of nitrogens with zero attached hydrogens (tertiary/aromatic N) is 1. The second-order valence-corrected chi connectivity index (χ2v) is 5.74. The van der Waals surface area contributed by atoms with Crippen molar-refractivity contribution in [3.63, 3.8) is 0 Å². The SMILES string of the molecule is COc1ccc([C@H]2CCCN2C(=O)[C@@H]2COCCO2)cc1OC. The minimum absolute atomic E-state index is 0.0157. The van der Waals surface area contributed by atoms with Crippen molar-refractivity contribution in [1.29, 1.82) is 0 Å². The minimum atomic E-state index is -0.482. The van der Waals surface area contributed by atoms with E-state index >= 15 is 0 Å². The second-order valence-electron chi connectivity index (χ2n) is 5.74. The third-order valence-corrected chi connectivity index (χ3v) is 4.42. The highest BCUT2D eigenvalue weighted by Gasteiger charge is 2.35. The zero-order valence-corrected chi connectivity index (χ0v) is 13.6. The molecule has 23 heavy (non-hydrogen) atoms. The van der Waals surface area contributed by atoms with E-state index in [0.717, 1.165) is 24.9 Å². The summed E-state index contributed by atoms with van der Waals surface area (Å²) in [5.74, 6) is 1.39. The molecule has 2 saturated heterocycles. The first-order chi connectivity index (χ1) is 11.2. The highest BCUT2D eigenvalue weighted by atomic mass is 16.6. The summed E-state index contributed by atoms with van der Waals surface area (Å²) in [5.41, 5.74) is 1.06. The Balaban J connectivity index is 1.79. The number of methoxy groups -OCH3 is 2. The van der Waals surface area contributed by atoms with Crippen molar-refractivity contribution in [1.82, 2.24) is 4.90 Å². The minimum Gasteiger partial charge on any atom is -0.493 e. The fraction of sp³-hybridized carbons (Fsp3) is 0.588. The molecule has 0 aromatic heterocycles. The average molecular weight is 321 g/mol. The summed E-state index contributed by atoms with van der Waals surface area (Å²) in [6.45, 7) is 2.12. The van der Waals surface area contributed by atoms with Gasteiger partial charge in [0.1, 0.15) is 0 Å². The maximum absolute atomic E-state index is 12.7. The van der Waals surface area contributed by atoms with E-state index in [1.54, 1.807) is 14.2 Å². The summed E-state index contributed by atoms with van der Waals surface area (Å²) in [7, 11) is 3.23. The van der Waals surface area contributed by atoms with Gasteiger partial charge in [-0.05, 0) is 30.5 Å². The first-order valence-electron chi connectivity index (χ1n) is 7.96. The fourth-order valence-electron chi connectivity index (χ4n) is 3.25. The molecule has 2 atom stereocenters. The van der Waals surface area contributed by atoms with Gasteiger partial charge < -0.3 is 23.8 Å². The van der Waals surface area contributed by atoms with Crippen molar-refractivity contribution in [2.75, 3.05) is 40.6 Å². The van der Waals surface area contributed by atoms with Crippen LogP contribution in [0.15, 0.2) is 18.2 Å². The summed E-state index contributed by atoms with van der Waals surface area (Å²) in [6.07, 6.45) is 1.44. The van der Waals surface area contributed by atoms with E-state index in [0.29, 0.717) is 31.3 Å². The summed E-state index contributed by atoms with van der Waals surface area (Å²) >= 11 is 0. The van der Waals surface area contributed by atoms with Crippen molar-refractivity contribution in [3.05, 3.63) is 23.8 Å². The van der Waals surface area contributed by atoms with Gasteiger partial charge in [0, 0.05) is 6.54 Å². The quantitative estimate of drug-likeness (QED) is 0.846. The Hall–Kier alpha value is -1.79. The summed E-state index contributed by atoms with van der Waals surface area (Å²) in [6, 6.07) is 5.88. The summed E-state index contributed by atoms with van der Waals surface area (Å²) in [4.78, 5) is 14.6.